The lowest BCUT2D eigenvalue weighted by Gasteiger charge is -2.33. The number of hydrogen-bond acceptors (Lipinski definition) is 1. The molecule has 3 unspecified atom stereocenters. The van der Waals surface area contributed by atoms with Crippen molar-refractivity contribution in [1.29, 1.82) is 0 Å². The maximum Gasteiger partial charge on any atom is 0.236 e. The summed E-state index contributed by atoms with van der Waals surface area (Å²) in [7, 11) is 0. The second-order valence-corrected chi connectivity index (χ2v) is 6.97. The first-order valence-corrected chi connectivity index (χ1v) is 8.01. The zero-order chi connectivity index (χ0) is 12.3. The van der Waals surface area contributed by atoms with Crippen molar-refractivity contribution in [3.05, 3.63) is 0 Å². The lowest BCUT2D eigenvalue weighted by molar-refractivity contribution is -0.132. The van der Waals surface area contributed by atoms with Crippen LogP contribution >= 0.6 is 15.9 Å². The standard InChI is InChI=1S/C14H24BrNO/c1-11-4-2-5-12(10-11)7-9-16-8-3-6-13(15)14(16)17/h11-13H,2-10H2,1H3. The number of halogens is 1. The van der Waals surface area contributed by atoms with Gasteiger partial charge in [-0.15, -0.1) is 0 Å². The summed E-state index contributed by atoms with van der Waals surface area (Å²) in [5, 5.41) is 0. The zero-order valence-corrected chi connectivity index (χ0v) is 12.4. The van der Waals surface area contributed by atoms with Crippen LogP contribution < -0.4 is 0 Å². The number of nitrogens with zero attached hydrogens (tertiary/aromatic N) is 1. The minimum atomic E-state index is 0.0847. The van der Waals surface area contributed by atoms with Crippen molar-refractivity contribution in [1.82, 2.24) is 4.90 Å². The van der Waals surface area contributed by atoms with E-state index in [0.29, 0.717) is 5.91 Å². The first-order valence-electron chi connectivity index (χ1n) is 7.09. The Balaban J connectivity index is 1.75. The van der Waals surface area contributed by atoms with Crippen LogP contribution in [0.15, 0.2) is 0 Å². The Bertz CT molecular complexity index is 269. The van der Waals surface area contributed by atoms with Gasteiger partial charge in [-0.3, -0.25) is 4.79 Å². The van der Waals surface area contributed by atoms with E-state index in [2.05, 4.69) is 27.8 Å². The second kappa shape index (κ2) is 6.21. The SMILES string of the molecule is CC1CCCC(CCN2CCCC(Br)C2=O)C1. The Morgan fingerprint density at radius 3 is 2.88 bits per heavy atom. The summed E-state index contributed by atoms with van der Waals surface area (Å²) in [5.41, 5.74) is 0. The van der Waals surface area contributed by atoms with Crippen LogP contribution in [0.25, 0.3) is 0 Å². The minimum absolute atomic E-state index is 0.0847. The molecule has 0 spiro atoms. The predicted molar refractivity (Wildman–Crippen MR) is 74.3 cm³/mol. The molecule has 0 radical (unpaired) electrons. The summed E-state index contributed by atoms with van der Waals surface area (Å²) < 4.78 is 0. The third-order valence-electron chi connectivity index (χ3n) is 4.32. The molecule has 1 heterocycles. The zero-order valence-electron chi connectivity index (χ0n) is 10.8. The largest absolute Gasteiger partial charge is 0.342 e. The van der Waals surface area contributed by atoms with Crippen molar-refractivity contribution in [2.75, 3.05) is 13.1 Å². The van der Waals surface area contributed by atoms with Gasteiger partial charge in [0.25, 0.3) is 0 Å². The molecule has 1 saturated carbocycles. The first-order chi connectivity index (χ1) is 8.16. The van der Waals surface area contributed by atoms with Crippen molar-refractivity contribution < 1.29 is 4.79 Å². The topological polar surface area (TPSA) is 20.3 Å². The molecule has 1 amide bonds. The summed E-state index contributed by atoms with van der Waals surface area (Å²) in [6, 6.07) is 0. The molecule has 3 atom stereocenters. The average molecular weight is 302 g/mol. The summed E-state index contributed by atoms with van der Waals surface area (Å²) in [5.74, 6) is 2.08. The molecule has 3 heteroatoms. The summed E-state index contributed by atoms with van der Waals surface area (Å²) in [6.45, 7) is 4.33. The Morgan fingerprint density at radius 1 is 1.29 bits per heavy atom. The van der Waals surface area contributed by atoms with Crippen molar-refractivity contribution in [2.24, 2.45) is 11.8 Å². The molecule has 1 saturated heterocycles. The van der Waals surface area contributed by atoms with Crippen LogP contribution in [0.4, 0.5) is 0 Å². The van der Waals surface area contributed by atoms with Crippen LogP contribution in [0.1, 0.15) is 51.9 Å². The molecule has 0 N–H and O–H groups in total. The fourth-order valence-corrected chi connectivity index (χ4v) is 3.89. The molecular formula is C14H24BrNO. The number of alkyl halides is 1. The Morgan fingerprint density at radius 2 is 2.12 bits per heavy atom. The normalized spacial score (nSPS) is 35.1. The lowest BCUT2D eigenvalue weighted by atomic mass is 9.81. The second-order valence-electron chi connectivity index (χ2n) is 5.86. The number of carbonyl (C=O) groups excluding carboxylic acids is 1. The van der Waals surface area contributed by atoms with Crippen molar-refractivity contribution in [3.8, 4) is 0 Å². The highest BCUT2D eigenvalue weighted by atomic mass is 79.9. The van der Waals surface area contributed by atoms with Gasteiger partial charge in [0.2, 0.25) is 5.91 Å². The van der Waals surface area contributed by atoms with E-state index in [4.69, 9.17) is 0 Å². The van der Waals surface area contributed by atoms with E-state index >= 15 is 0 Å². The van der Waals surface area contributed by atoms with Gasteiger partial charge >= 0.3 is 0 Å². The van der Waals surface area contributed by atoms with E-state index in [9.17, 15) is 4.79 Å². The molecule has 0 aromatic heterocycles. The molecule has 0 bridgehead atoms. The highest BCUT2D eigenvalue weighted by Crippen LogP contribution is 2.31. The quantitative estimate of drug-likeness (QED) is 0.730. The fourth-order valence-electron chi connectivity index (χ4n) is 3.28. The molecule has 2 rings (SSSR count). The number of carbonyl (C=O) groups is 1. The van der Waals surface area contributed by atoms with Gasteiger partial charge in [-0.25, -0.2) is 0 Å². The highest BCUT2D eigenvalue weighted by molar-refractivity contribution is 9.10. The number of piperidine rings is 1. The van der Waals surface area contributed by atoms with Crippen LogP contribution in [0.2, 0.25) is 0 Å². The van der Waals surface area contributed by atoms with Crippen molar-refractivity contribution in [3.63, 3.8) is 0 Å². The Kier molecular flexibility index (Phi) is 4.89. The molecule has 2 aliphatic rings. The van der Waals surface area contributed by atoms with Crippen LogP contribution in [0.3, 0.4) is 0 Å². The van der Waals surface area contributed by atoms with Gasteiger partial charge in [-0.2, -0.15) is 0 Å². The van der Waals surface area contributed by atoms with Crippen LogP contribution in [0, 0.1) is 11.8 Å². The van der Waals surface area contributed by atoms with E-state index in [1.54, 1.807) is 0 Å². The van der Waals surface area contributed by atoms with E-state index in [-0.39, 0.29) is 4.83 Å². The molecule has 2 fully saturated rings. The van der Waals surface area contributed by atoms with Crippen molar-refractivity contribution in [2.45, 2.75) is 56.7 Å². The molecular weight excluding hydrogens is 278 g/mol. The number of likely N-dealkylation sites (tertiary alicyclic amines) is 1. The van der Waals surface area contributed by atoms with E-state index in [1.165, 1.54) is 32.1 Å². The van der Waals surface area contributed by atoms with Crippen LogP contribution in [-0.2, 0) is 4.79 Å². The smallest absolute Gasteiger partial charge is 0.236 e. The molecule has 98 valence electrons. The predicted octanol–water partition coefficient (Wildman–Crippen LogP) is 3.59. The summed E-state index contributed by atoms with van der Waals surface area (Å²) >= 11 is 3.48. The van der Waals surface area contributed by atoms with Crippen LogP contribution in [-0.4, -0.2) is 28.7 Å². The maximum atomic E-state index is 11.9. The Labute approximate surface area is 113 Å². The average Bonchev–Trinajstić information content (AvgIpc) is 2.31. The monoisotopic (exact) mass is 301 g/mol. The Hall–Kier alpha value is -0.0500. The van der Waals surface area contributed by atoms with Gasteiger partial charge in [0.15, 0.2) is 0 Å². The van der Waals surface area contributed by atoms with Gasteiger partial charge in [0, 0.05) is 13.1 Å². The van der Waals surface area contributed by atoms with Crippen LogP contribution in [0.5, 0.6) is 0 Å². The van der Waals surface area contributed by atoms with Crippen molar-refractivity contribution >= 4 is 21.8 Å². The number of amides is 1. The van der Waals surface area contributed by atoms with Gasteiger partial charge in [0.05, 0.1) is 4.83 Å². The molecule has 0 aromatic carbocycles. The third-order valence-corrected chi connectivity index (χ3v) is 5.17. The summed E-state index contributed by atoms with van der Waals surface area (Å²) in [6.07, 6.45) is 8.93. The fraction of sp³-hybridized carbons (Fsp3) is 0.929. The maximum absolute atomic E-state index is 11.9. The van der Waals surface area contributed by atoms with E-state index in [0.717, 1.165) is 37.8 Å². The van der Waals surface area contributed by atoms with Gasteiger partial charge in [0.1, 0.15) is 0 Å². The lowest BCUT2D eigenvalue weighted by Crippen LogP contribution is -2.42. The van der Waals surface area contributed by atoms with Gasteiger partial charge < -0.3 is 4.90 Å². The molecule has 17 heavy (non-hydrogen) atoms. The molecule has 1 aliphatic carbocycles. The van der Waals surface area contributed by atoms with E-state index < -0.39 is 0 Å². The molecule has 0 aromatic rings. The summed E-state index contributed by atoms with van der Waals surface area (Å²) in [4.78, 5) is 14.1. The van der Waals surface area contributed by atoms with Gasteiger partial charge in [-0.05, 0) is 37.5 Å². The third kappa shape index (κ3) is 3.70. The molecule has 2 nitrogen and oxygen atoms in total. The first kappa shape index (κ1) is 13.4. The van der Waals surface area contributed by atoms with E-state index in [1.807, 2.05) is 0 Å². The minimum Gasteiger partial charge on any atom is -0.342 e. The van der Waals surface area contributed by atoms with Gasteiger partial charge in [-0.1, -0.05) is 42.1 Å². The number of rotatable bonds is 3. The molecule has 1 aliphatic heterocycles. The highest BCUT2D eigenvalue weighted by Gasteiger charge is 2.27. The number of hydrogen-bond donors (Lipinski definition) is 0.